The van der Waals surface area contributed by atoms with Crippen LogP contribution in [-0.2, 0) is 14.8 Å². The second-order valence-electron chi connectivity index (χ2n) is 6.47. The summed E-state index contributed by atoms with van der Waals surface area (Å²) in [5, 5.41) is 10.4. The number of carbonyl (C=O) groups excluding carboxylic acids is 3. The van der Waals surface area contributed by atoms with Gasteiger partial charge in [0.1, 0.15) is 0 Å². The van der Waals surface area contributed by atoms with Gasteiger partial charge in [0, 0.05) is 30.5 Å². The molecule has 0 unspecified atom stereocenters. The predicted molar refractivity (Wildman–Crippen MR) is 121 cm³/mol. The van der Waals surface area contributed by atoms with Crippen LogP contribution in [0.2, 0.25) is 0 Å². The first kappa shape index (κ1) is 23.4. The van der Waals surface area contributed by atoms with Crippen molar-refractivity contribution < 1.29 is 22.8 Å². The zero-order chi connectivity index (χ0) is 23.0. The third kappa shape index (κ3) is 7.82. The van der Waals surface area contributed by atoms with Crippen LogP contribution < -0.4 is 26.0 Å². The van der Waals surface area contributed by atoms with Crippen LogP contribution in [-0.4, -0.2) is 39.1 Å². The quantitative estimate of drug-likeness (QED) is 0.397. The predicted octanol–water partition coefficient (Wildman–Crippen LogP) is 2.58. The average molecular weight is 446 g/mol. The maximum atomic E-state index is 12.8. The van der Waals surface area contributed by atoms with Gasteiger partial charge in [0.05, 0.1) is 17.5 Å². The minimum absolute atomic E-state index is 0.0164. The maximum Gasteiger partial charge on any atom is 0.319 e. The topological polar surface area (TPSA) is 146 Å². The molecule has 0 aliphatic carbocycles. The van der Waals surface area contributed by atoms with Gasteiger partial charge in [0.2, 0.25) is 15.9 Å². The first-order valence-electron chi connectivity index (χ1n) is 9.04. The Bertz CT molecular complexity index is 1100. The second-order valence-corrected chi connectivity index (χ2v) is 8.22. The normalized spacial score (nSPS) is 10.5. The molecular weight excluding hydrogens is 422 g/mol. The number of hydrogen-bond acceptors (Lipinski definition) is 5. The fraction of sp³-hybridized carbons (Fsp3) is 0.150. The van der Waals surface area contributed by atoms with E-state index in [1.165, 1.54) is 25.1 Å². The van der Waals surface area contributed by atoms with E-state index in [0.717, 1.165) is 6.26 Å². The summed E-state index contributed by atoms with van der Waals surface area (Å²) in [5.74, 6) is -0.932. The summed E-state index contributed by atoms with van der Waals surface area (Å²) in [5.41, 5.74) is 1.33. The highest BCUT2D eigenvalue weighted by atomic mass is 32.2. The van der Waals surface area contributed by atoms with E-state index in [9.17, 15) is 22.8 Å². The molecule has 0 spiro atoms. The lowest BCUT2D eigenvalue weighted by Gasteiger charge is -2.14. The smallest absolute Gasteiger partial charge is 0.319 e. The lowest BCUT2D eigenvalue weighted by Crippen LogP contribution is -2.28. The third-order valence-electron chi connectivity index (χ3n) is 3.69. The van der Waals surface area contributed by atoms with Gasteiger partial charge in [-0.05, 0) is 42.5 Å². The molecule has 11 heteroatoms. The van der Waals surface area contributed by atoms with E-state index in [1.807, 2.05) is 0 Å². The Morgan fingerprint density at radius 1 is 0.935 bits per heavy atom. The Morgan fingerprint density at radius 2 is 1.52 bits per heavy atom. The largest absolute Gasteiger partial charge is 0.334 e. The zero-order valence-electron chi connectivity index (χ0n) is 17.0. The van der Waals surface area contributed by atoms with Crippen molar-refractivity contribution in [3.05, 3.63) is 60.7 Å². The first-order chi connectivity index (χ1) is 14.6. The second kappa shape index (κ2) is 10.3. The molecule has 5 N–H and O–H groups in total. The average Bonchev–Trinajstić information content (AvgIpc) is 2.67. The Balaban J connectivity index is 2.20. The molecule has 0 atom stereocenters. The molecule has 0 aliphatic heterocycles. The maximum absolute atomic E-state index is 12.8. The fourth-order valence-electron chi connectivity index (χ4n) is 2.48. The Hall–Kier alpha value is -3.86. The van der Waals surface area contributed by atoms with E-state index >= 15 is 0 Å². The molecule has 2 aromatic carbocycles. The molecule has 10 nitrogen and oxygen atoms in total. The van der Waals surface area contributed by atoms with Crippen molar-refractivity contribution in [3.8, 4) is 0 Å². The summed E-state index contributed by atoms with van der Waals surface area (Å²) in [6, 6.07) is 10.1. The Kier molecular flexibility index (Phi) is 7.75. The molecule has 4 amide bonds. The van der Waals surface area contributed by atoms with Gasteiger partial charge in [0.15, 0.2) is 0 Å². The third-order valence-corrected chi connectivity index (χ3v) is 4.28. The van der Waals surface area contributed by atoms with E-state index in [0.29, 0.717) is 23.6 Å². The number of carbonyl (C=O) groups is 3. The SMILES string of the molecule is C=CCNC(=O)Nc1ccc(NC(=O)c2cc(NC(C)=O)ccc2NS(C)(=O)=O)cc1. The Labute approximate surface area is 180 Å². The molecule has 0 radical (unpaired) electrons. The van der Waals surface area contributed by atoms with Crippen LogP contribution in [0.1, 0.15) is 17.3 Å². The molecule has 164 valence electrons. The fourth-order valence-corrected chi connectivity index (χ4v) is 3.05. The number of urea groups is 1. The van der Waals surface area contributed by atoms with Gasteiger partial charge in [-0.1, -0.05) is 6.08 Å². The van der Waals surface area contributed by atoms with Crippen molar-refractivity contribution in [3.63, 3.8) is 0 Å². The van der Waals surface area contributed by atoms with Gasteiger partial charge >= 0.3 is 6.03 Å². The summed E-state index contributed by atoms with van der Waals surface area (Å²) in [6.45, 7) is 5.14. The minimum atomic E-state index is -3.64. The van der Waals surface area contributed by atoms with Crippen LogP contribution in [0.4, 0.5) is 27.5 Å². The van der Waals surface area contributed by atoms with Crippen molar-refractivity contribution in [2.75, 3.05) is 33.5 Å². The van der Waals surface area contributed by atoms with Crippen LogP contribution in [0.3, 0.4) is 0 Å². The highest BCUT2D eigenvalue weighted by Crippen LogP contribution is 2.23. The Morgan fingerprint density at radius 3 is 2.06 bits per heavy atom. The van der Waals surface area contributed by atoms with E-state index in [-0.39, 0.29) is 17.2 Å². The molecular formula is C20H23N5O5S. The standard InChI is InChI=1S/C20H23N5O5S/c1-4-11-21-20(28)24-15-7-5-14(6-8-15)23-19(27)17-12-16(22-13(2)26)9-10-18(17)25-31(3,29)30/h4-10,12,25H,1,11H2,2-3H3,(H,22,26)(H,23,27)(H2,21,24,28). The molecule has 0 bridgehead atoms. The van der Waals surface area contributed by atoms with Crippen molar-refractivity contribution in [1.82, 2.24) is 5.32 Å². The van der Waals surface area contributed by atoms with E-state index < -0.39 is 22.0 Å². The van der Waals surface area contributed by atoms with Gasteiger partial charge < -0.3 is 21.3 Å². The minimum Gasteiger partial charge on any atom is -0.334 e. The number of benzene rings is 2. The molecule has 0 heterocycles. The number of sulfonamides is 1. The lowest BCUT2D eigenvalue weighted by atomic mass is 10.1. The van der Waals surface area contributed by atoms with Gasteiger partial charge in [-0.3, -0.25) is 14.3 Å². The molecule has 31 heavy (non-hydrogen) atoms. The van der Waals surface area contributed by atoms with Gasteiger partial charge in [-0.25, -0.2) is 13.2 Å². The van der Waals surface area contributed by atoms with Gasteiger partial charge in [-0.15, -0.1) is 6.58 Å². The first-order valence-corrected chi connectivity index (χ1v) is 10.9. The van der Waals surface area contributed by atoms with E-state index in [2.05, 4.69) is 32.6 Å². The molecule has 2 aromatic rings. The summed E-state index contributed by atoms with van der Waals surface area (Å²) in [6.07, 6.45) is 2.51. The molecule has 0 saturated heterocycles. The number of hydrogen-bond donors (Lipinski definition) is 5. The summed E-state index contributed by atoms with van der Waals surface area (Å²) in [4.78, 5) is 35.7. The van der Waals surface area contributed by atoms with Crippen molar-refractivity contribution in [2.45, 2.75) is 6.92 Å². The zero-order valence-corrected chi connectivity index (χ0v) is 17.8. The van der Waals surface area contributed by atoms with Crippen LogP contribution >= 0.6 is 0 Å². The highest BCUT2D eigenvalue weighted by Gasteiger charge is 2.16. The van der Waals surface area contributed by atoms with Crippen LogP contribution in [0.15, 0.2) is 55.1 Å². The van der Waals surface area contributed by atoms with E-state index in [4.69, 9.17) is 0 Å². The van der Waals surface area contributed by atoms with E-state index in [1.54, 1.807) is 30.3 Å². The van der Waals surface area contributed by atoms with Crippen LogP contribution in [0, 0.1) is 0 Å². The summed E-state index contributed by atoms with van der Waals surface area (Å²) in [7, 11) is -3.64. The molecule has 0 saturated carbocycles. The van der Waals surface area contributed by atoms with Gasteiger partial charge in [-0.2, -0.15) is 0 Å². The summed E-state index contributed by atoms with van der Waals surface area (Å²) < 4.78 is 25.5. The van der Waals surface area contributed by atoms with Crippen molar-refractivity contribution in [2.24, 2.45) is 0 Å². The molecule has 0 fully saturated rings. The van der Waals surface area contributed by atoms with Gasteiger partial charge in [0.25, 0.3) is 5.91 Å². The molecule has 0 aromatic heterocycles. The lowest BCUT2D eigenvalue weighted by molar-refractivity contribution is -0.114. The van der Waals surface area contributed by atoms with Crippen molar-refractivity contribution in [1.29, 1.82) is 0 Å². The number of anilines is 4. The molecule has 2 rings (SSSR count). The molecule has 0 aliphatic rings. The van der Waals surface area contributed by atoms with Crippen molar-refractivity contribution >= 4 is 50.6 Å². The summed E-state index contributed by atoms with van der Waals surface area (Å²) >= 11 is 0. The number of rotatable bonds is 8. The van der Waals surface area contributed by atoms with Crippen LogP contribution in [0.5, 0.6) is 0 Å². The highest BCUT2D eigenvalue weighted by molar-refractivity contribution is 7.92. The number of nitrogens with one attached hydrogen (secondary N) is 5. The number of amides is 4. The monoisotopic (exact) mass is 445 g/mol. The van der Waals surface area contributed by atoms with Crippen LogP contribution in [0.25, 0.3) is 0 Å².